The van der Waals surface area contributed by atoms with Crippen LogP contribution in [0.3, 0.4) is 0 Å². The number of nitrogens with zero attached hydrogens (tertiary/aromatic N) is 1. The largest absolute Gasteiger partial charge is 0.385 e. The van der Waals surface area contributed by atoms with Crippen molar-refractivity contribution in [1.29, 1.82) is 0 Å². The Hall–Kier alpha value is -1.42. The fourth-order valence-electron chi connectivity index (χ4n) is 5.52. The first-order valence-electron chi connectivity index (χ1n) is 7.45. The monoisotopic (exact) mass is 273 g/mol. The molecule has 20 heavy (non-hydrogen) atoms. The number of aliphatic hydroxyl groups excluding tert-OH is 1. The van der Waals surface area contributed by atoms with Gasteiger partial charge in [-0.05, 0) is 36.7 Å². The number of aliphatic hydroxyl groups is 1. The van der Waals surface area contributed by atoms with Crippen molar-refractivity contribution in [1.82, 2.24) is 0 Å². The van der Waals surface area contributed by atoms with Crippen molar-refractivity contribution in [3.05, 3.63) is 46.0 Å². The summed E-state index contributed by atoms with van der Waals surface area (Å²) < 4.78 is 0. The molecule has 4 heteroatoms. The highest BCUT2D eigenvalue weighted by Crippen LogP contribution is 2.63. The third-order valence-corrected chi connectivity index (χ3v) is 6.00. The maximum atomic E-state index is 11.7. The van der Waals surface area contributed by atoms with Gasteiger partial charge in [-0.25, -0.2) is 0 Å². The van der Waals surface area contributed by atoms with Crippen LogP contribution in [-0.2, 0) is 5.41 Å². The first kappa shape index (κ1) is 12.3. The smallest absolute Gasteiger partial charge is 0.249 e. The molecule has 1 N–H and O–H groups in total. The molecule has 3 unspecified atom stereocenters. The predicted molar refractivity (Wildman–Crippen MR) is 73.9 cm³/mol. The Kier molecular flexibility index (Phi) is 2.35. The Bertz CT molecular complexity index is 542. The molecule has 0 radical (unpaired) electrons. The Morgan fingerprint density at radius 3 is 2.25 bits per heavy atom. The molecule has 106 valence electrons. The van der Waals surface area contributed by atoms with Crippen LogP contribution in [0.1, 0.15) is 37.7 Å². The molecule has 1 aromatic rings. The SMILES string of the molecule is O=[N+]([O-])C12CC3CC(CC(c4ccccc4)(C3)C1O)C2. The average Bonchev–Trinajstić information content (AvgIpc) is 2.44. The maximum absolute atomic E-state index is 11.7. The predicted octanol–water partition coefficient (Wildman–Crippen LogP) is 2.52. The lowest BCUT2D eigenvalue weighted by atomic mass is 9.44. The Balaban J connectivity index is 1.87. The Morgan fingerprint density at radius 2 is 1.70 bits per heavy atom. The van der Waals surface area contributed by atoms with Gasteiger partial charge >= 0.3 is 0 Å². The van der Waals surface area contributed by atoms with E-state index in [1.807, 2.05) is 30.3 Å². The minimum absolute atomic E-state index is 0.174. The molecule has 4 saturated carbocycles. The van der Waals surface area contributed by atoms with Gasteiger partial charge in [-0.15, -0.1) is 0 Å². The number of benzene rings is 1. The van der Waals surface area contributed by atoms with Crippen LogP contribution in [0.5, 0.6) is 0 Å². The second kappa shape index (κ2) is 3.82. The second-order valence-electron chi connectivity index (χ2n) is 7.07. The van der Waals surface area contributed by atoms with Crippen LogP contribution < -0.4 is 0 Å². The summed E-state index contributed by atoms with van der Waals surface area (Å²) in [6.45, 7) is 0. The fourth-order valence-corrected chi connectivity index (χ4v) is 5.52. The highest BCUT2D eigenvalue weighted by molar-refractivity contribution is 5.33. The quantitative estimate of drug-likeness (QED) is 0.665. The second-order valence-corrected chi connectivity index (χ2v) is 7.07. The van der Waals surface area contributed by atoms with Gasteiger partial charge in [0.1, 0.15) is 6.10 Å². The van der Waals surface area contributed by atoms with E-state index in [1.54, 1.807) is 0 Å². The molecule has 4 nitrogen and oxygen atoms in total. The van der Waals surface area contributed by atoms with Gasteiger partial charge in [0.25, 0.3) is 0 Å². The maximum Gasteiger partial charge on any atom is 0.249 e. The van der Waals surface area contributed by atoms with E-state index in [9.17, 15) is 15.2 Å². The Labute approximate surface area is 118 Å². The highest BCUT2D eigenvalue weighted by atomic mass is 16.6. The standard InChI is InChI=1S/C16H19NO3/c18-14-15(13-4-2-1-3-5-13)7-11-6-12(8-15)10-16(14,9-11)17(19)20/h1-5,11-12,14,18H,6-10H2. The van der Waals surface area contributed by atoms with E-state index < -0.39 is 17.1 Å². The van der Waals surface area contributed by atoms with Crippen molar-refractivity contribution in [2.75, 3.05) is 0 Å². The summed E-state index contributed by atoms with van der Waals surface area (Å²) >= 11 is 0. The van der Waals surface area contributed by atoms with E-state index in [0.717, 1.165) is 24.8 Å². The molecule has 0 amide bonds. The lowest BCUT2D eigenvalue weighted by molar-refractivity contribution is -0.603. The summed E-state index contributed by atoms with van der Waals surface area (Å²) in [5, 5.41) is 22.6. The number of nitro groups is 1. The van der Waals surface area contributed by atoms with E-state index in [1.165, 1.54) is 0 Å². The molecule has 0 spiro atoms. The molecular weight excluding hydrogens is 254 g/mol. The molecule has 0 aliphatic heterocycles. The minimum atomic E-state index is -1.10. The van der Waals surface area contributed by atoms with Crippen LogP contribution in [0.2, 0.25) is 0 Å². The van der Waals surface area contributed by atoms with E-state index in [0.29, 0.717) is 24.7 Å². The summed E-state index contributed by atoms with van der Waals surface area (Å²) in [7, 11) is 0. The van der Waals surface area contributed by atoms with E-state index in [-0.39, 0.29) is 4.92 Å². The summed E-state index contributed by atoms with van der Waals surface area (Å²) in [6.07, 6.45) is 3.20. The van der Waals surface area contributed by atoms with Crippen LogP contribution in [0.15, 0.2) is 30.3 Å². The molecule has 4 fully saturated rings. The topological polar surface area (TPSA) is 63.4 Å². The van der Waals surface area contributed by atoms with Crippen molar-refractivity contribution in [2.24, 2.45) is 11.8 Å². The van der Waals surface area contributed by atoms with Crippen molar-refractivity contribution >= 4 is 0 Å². The zero-order valence-corrected chi connectivity index (χ0v) is 11.4. The van der Waals surface area contributed by atoms with E-state index in [4.69, 9.17) is 0 Å². The molecule has 0 aromatic heterocycles. The van der Waals surface area contributed by atoms with E-state index in [2.05, 4.69) is 0 Å². The molecule has 4 aliphatic rings. The normalized spacial score (nSPS) is 45.5. The van der Waals surface area contributed by atoms with Crippen LogP contribution in [0.4, 0.5) is 0 Å². The van der Waals surface area contributed by atoms with Crippen LogP contribution in [-0.4, -0.2) is 21.7 Å². The molecule has 1 aromatic carbocycles. The van der Waals surface area contributed by atoms with Gasteiger partial charge in [-0.2, -0.15) is 0 Å². The summed E-state index contributed by atoms with van der Waals surface area (Å²) in [4.78, 5) is 11.5. The van der Waals surface area contributed by atoms with Crippen molar-refractivity contribution in [2.45, 2.75) is 49.2 Å². The number of hydrogen-bond donors (Lipinski definition) is 1. The molecule has 5 rings (SSSR count). The lowest BCUT2D eigenvalue weighted by Gasteiger charge is -2.60. The molecule has 4 bridgehead atoms. The van der Waals surface area contributed by atoms with Gasteiger partial charge in [0.2, 0.25) is 5.54 Å². The molecule has 4 aliphatic carbocycles. The van der Waals surface area contributed by atoms with Gasteiger partial charge < -0.3 is 5.11 Å². The molecule has 0 saturated heterocycles. The van der Waals surface area contributed by atoms with Crippen molar-refractivity contribution in [3.8, 4) is 0 Å². The molecule has 0 heterocycles. The van der Waals surface area contributed by atoms with Gasteiger partial charge in [0, 0.05) is 23.2 Å². The van der Waals surface area contributed by atoms with Crippen LogP contribution in [0, 0.1) is 22.0 Å². The first-order chi connectivity index (χ1) is 9.57. The zero-order chi connectivity index (χ0) is 14.0. The van der Waals surface area contributed by atoms with Gasteiger partial charge in [0.15, 0.2) is 0 Å². The van der Waals surface area contributed by atoms with E-state index >= 15 is 0 Å². The van der Waals surface area contributed by atoms with Gasteiger partial charge in [-0.3, -0.25) is 10.1 Å². The van der Waals surface area contributed by atoms with Gasteiger partial charge in [0.05, 0.1) is 0 Å². The summed E-state index contributed by atoms with van der Waals surface area (Å²) in [6, 6.07) is 9.96. The molecular formula is C16H19NO3. The third-order valence-electron chi connectivity index (χ3n) is 6.00. The average molecular weight is 273 g/mol. The summed E-state index contributed by atoms with van der Waals surface area (Å²) in [5.74, 6) is 0.799. The minimum Gasteiger partial charge on any atom is -0.385 e. The number of hydrogen-bond acceptors (Lipinski definition) is 3. The van der Waals surface area contributed by atoms with Crippen molar-refractivity contribution in [3.63, 3.8) is 0 Å². The van der Waals surface area contributed by atoms with Crippen LogP contribution >= 0.6 is 0 Å². The zero-order valence-electron chi connectivity index (χ0n) is 11.4. The number of rotatable bonds is 2. The lowest BCUT2D eigenvalue weighted by Crippen LogP contribution is -2.70. The first-order valence-corrected chi connectivity index (χ1v) is 7.45. The van der Waals surface area contributed by atoms with Crippen molar-refractivity contribution < 1.29 is 10.0 Å². The Morgan fingerprint density at radius 1 is 1.10 bits per heavy atom. The van der Waals surface area contributed by atoms with Crippen LogP contribution in [0.25, 0.3) is 0 Å². The highest BCUT2D eigenvalue weighted by Gasteiger charge is 2.70. The van der Waals surface area contributed by atoms with Gasteiger partial charge in [-0.1, -0.05) is 30.3 Å². The molecule has 3 atom stereocenters. The summed E-state index contributed by atoms with van der Waals surface area (Å²) in [5.41, 5.74) is -0.397. The fraction of sp³-hybridized carbons (Fsp3) is 0.625. The third kappa shape index (κ3) is 1.35.